The third-order valence-corrected chi connectivity index (χ3v) is 5.55. The normalized spacial score (nSPS) is 10.6. The first-order chi connectivity index (χ1) is 11.7. The van der Waals surface area contributed by atoms with Gasteiger partial charge in [-0.3, -0.25) is 0 Å². The van der Waals surface area contributed by atoms with Crippen LogP contribution in [0.1, 0.15) is 5.69 Å². The van der Waals surface area contributed by atoms with Gasteiger partial charge in [-0.15, -0.1) is 23.1 Å². The van der Waals surface area contributed by atoms with Crippen molar-refractivity contribution in [1.82, 2.24) is 4.98 Å². The molecule has 0 aliphatic heterocycles. The number of ether oxygens (including phenoxy) is 2. The molecule has 0 atom stereocenters. The molecule has 24 heavy (non-hydrogen) atoms. The number of benzene rings is 2. The van der Waals surface area contributed by atoms with Crippen LogP contribution >= 0.6 is 34.7 Å². The van der Waals surface area contributed by atoms with E-state index < -0.39 is 0 Å². The minimum atomic E-state index is 0.708. The number of para-hydroxylation sites is 1. The Morgan fingerprint density at radius 3 is 2.71 bits per heavy atom. The highest BCUT2D eigenvalue weighted by molar-refractivity contribution is 7.98. The van der Waals surface area contributed by atoms with Gasteiger partial charge in [0.25, 0.3) is 0 Å². The van der Waals surface area contributed by atoms with E-state index in [0.717, 1.165) is 31.9 Å². The Bertz CT molecular complexity index is 835. The second kappa shape index (κ2) is 7.92. The Hall–Kier alpha value is -1.69. The topological polar surface area (TPSA) is 31.4 Å². The van der Waals surface area contributed by atoms with Gasteiger partial charge < -0.3 is 9.47 Å². The Balaban J connectivity index is 1.79. The fourth-order valence-corrected chi connectivity index (χ4v) is 4.32. The lowest BCUT2D eigenvalue weighted by Gasteiger charge is -2.10. The van der Waals surface area contributed by atoms with Crippen molar-refractivity contribution in [3.63, 3.8) is 0 Å². The molecule has 1 aromatic heterocycles. The molecule has 1 heterocycles. The molecule has 0 saturated heterocycles. The fraction of sp³-hybridized carbons (Fsp3) is 0.167. The summed E-state index contributed by atoms with van der Waals surface area (Å²) in [6.07, 6.45) is 0. The van der Waals surface area contributed by atoms with E-state index in [1.165, 1.54) is 0 Å². The lowest BCUT2D eigenvalue weighted by molar-refractivity contribution is 0.356. The molecule has 3 aromatic rings. The van der Waals surface area contributed by atoms with Crippen molar-refractivity contribution >= 4 is 34.7 Å². The van der Waals surface area contributed by atoms with Gasteiger partial charge in [0.15, 0.2) is 11.5 Å². The third-order valence-electron chi connectivity index (χ3n) is 3.37. The van der Waals surface area contributed by atoms with Crippen molar-refractivity contribution in [3.05, 3.63) is 58.6 Å². The first kappa shape index (κ1) is 17.1. The van der Waals surface area contributed by atoms with Gasteiger partial charge in [-0.05, 0) is 30.3 Å². The first-order valence-electron chi connectivity index (χ1n) is 7.25. The molecule has 0 saturated carbocycles. The summed E-state index contributed by atoms with van der Waals surface area (Å²) in [4.78, 5) is 5.87. The number of methoxy groups -OCH3 is 2. The van der Waals surface area contributed by atoms with E-state index in [1.54, 1.807) is 37.3 Å². The highest BCUT2D eigenvalue weighted by Gasteiger charge is 2.14. The molecule has 124 valence electrons. The summed E-state index contributed by atoms with van der Waals surface area (Å²) in [6, 6.07) is 13.7. The molecule has 0 aliphatic carbocycles. The number of hydrogen-bond acceptors (Lipinski definition) is 5. The second-order valence-corrected chi connectivity index (χ2v) is 7.27. The smallest absolute Gasteiger partial charge is 0.170 e. The van der Waals surface area contributed by atoms with E-state index in [1.807, 2.05) is 36.4 Å². The van der Waals surface area contributed by atoms with Crippen LogP contribution in [-0.4, -0.2) is 19.2 Å². The van der Waals surface area contributed by atoms with E-state index in [4.69, 9.17) is 26.1 Å². The molecule has 0 bridgehead atoms. The minimum Gasteiger partial charge on any atom is -0.493 e. The third kappa shape index (κ3) is 3.86. The van der Waals surface area contributed by atoms with Crippen LogP contribution in [0.4, 0.5) is 0 Å². The van der Waals surface area contributed by atoms with Gasteiger partial charge in [-0.2, -0.15) is 0 Å². The minimum absolute atomic E-state index is 0.708. The Labute approximate surface area is 154 Å². The molecular weight excluding hydrogens is 362 g/mol. The fourth-order valence-electron chi connectivity index (χ4n) is 2.27. The maximum Gasteiger partial charge on any atom is 0.170 e. The van der Waals surface area contributed by atoms with Crippen LogP contribution in [-0.2, 0) is 5.75 Å². The Morgan fingerprint density at radius 2 is 1.96 bits per heavy atom. The molecule has 0 fully saturated rings. The molecule has 0 amide bonds. The van der Waals surface area contributed by atoms with Crippen LogP contribution in [0, 0.1) is 0 Å². The maximum absolute atomic E-state index is 6.02. The zero-order valence-corrected chi connectivity index (χ0v) is 15.7. The molecule has 3 rings (SSSR count). The van der Waals surface area contributed by atoms with E-state index in [0.29, 0.717) is 11.5 Å². The summed E-state index contributed by atoms with van der Waals surface area (Å²) in [5, 5.41) is 3.75. The number of hydrogen-bond donors (Lipinski definition) is 0. The van der Waals surface area contributed by atoms with Crippen LogP contribution in [0.3, 0.4) is 0 Å². The van der Waals surface area contributed by atoms with Crippen molar-refractivity contribution in [3.8, 4) is 22.1 Å². The predicted octanol–water partition coefficient (Wildman–Crippen LogP) is 5.77. The van der Waals surface area contributed by atoms with Crippen LogP contribution in [0.2, 0.25) is 5.02 Å². The number of nitrogens with zero attached hydrogens (tertiary/aromatic N) is 1. The highest BCUT2D eigenvalue weighted by Crippen LogP contribution is 2.39. The van der Waals surface area contributed by atoms with Crippen molar-refractivity contribution in [2.75, 3.05) is 14.2 Å². The first-order valence-corrected chi connectivity index (χ1v) is 9.49. The van der Waals surface area contributed by atoms with Crippen LogP contribution < -0.4 is 9.47 Å². The van der Waals surface area contributed by atoms with E-state index >= 15 is 0 Å². The number of aromatic nitrogens is 1. The SMILES string of the molecule is COc1cccc(-c2nc(CSc3cccc(Cl)c3)cs2)c1OC. The highest BCUT2D eigenvalue weighted by atomic mass is 35.5. The predicted molar refractivity (Wildman–Crippen MR) is 102 cm³/mol. The largest absolute Gasteiger partial charge is 0.493 e. The summed E-state index contributed by atoms with van der Waals surface area (Å²) in [7, 11) is 3.28. The van der Waals surface area contributed by atoms with Gasteiger partial charge in [-0.25, -0.2) is 4.98 Å². The van der Waals surface area contributed by atoms with Gasteiger partial charge in [0.2, 0.25) is 0 Å². The molecule has 0 aliphatic rings. The molecule has 3 nitrogen and oxygen atoms in total. The van der Waals surface area contributed by atoms with Gasteiger partial charge in [0.05, 0.1) is 25.5 Å². The standard InChI is InChI=1S/C18H16ClNO2S2/c1-21-16-8-4-7-15(17(16)22-2)18-20-13(11-24-18)10-23-14-6-3-5-12(19)9-14/h3-9,11H,10H2,1-2H3. The number of thiazole rings is 1. The zero-order valence-electron chi connectivity index (χ0n) is 13.3. The molecule has 0 N–H and O–H groups in total. The van der Waals surface area contributed by atoms with Crippen molar-refractivity contribution in [1.29, 1.82) is 0 Å². The van der Waals surface area contributed by atoms with Gasteiger partial charge in [0, 0.05) is 21.1 Å². The number of thioether (sulfide) groups is 1. The number of rotatable bonds is 6. The lowest BCUT2D eigenvalue weighted by Crippen LogP contribution is -1.93. The Kier molecular flexibility index (Phi) is 5.66. The summed E-state index contributed by atoms with van der Waals surface area (Å²) in [5.41, 5.74) is 1.98. The zero-order chi connectivity index (χ0) is 16.9. The summed E-state index contributed by atoms with van der Waals surface area (Å²) in [5.74, 6) is 2.21. The van der Waals surface area contributed by atoms with Gasteiger partial charge >= 0.3 is 0 Å². The van der Waals surface area contributed by atoms with Crippen LogP contribution in [0.25, 0.3) is 10.6 Å². The molecule has 2 aromatic carbocycles. The van der Waals surface area contributed by atoms with E-state index in [-0.39, 0.29) is 0 Å². The molecule has 0 radical (unpaired) electrons. The summed E-state index contributed by atoms with van der Waals surface area (Å²) < 4.78 is 10.9. The van der Waals surface area contributed by atoms with Gasteiger partial charge in [0.1, 0.15) is 5.01 Å². The average molecular weight is 378 g/mol. The van der Waals surface area contributed by atoms with Gasteiger partial charge in [-0.1, -0.05) is 23.7 Å². The molecule has 0 spiro atoms. The number of halogens is 1. The summed E-state index contributed by atoms with van der Waals surface area (Å²) in [6.45, 7) is 0. The van der Waals surface area contributed by atoms with Crippen molar-refractivity contribution in [2.45, 2.75) is 10.6 Å². The quantitative estimate of drug-likeness (QED) is 0.510. The van der Waals surface area contributed by atoms with Crippen molar-refractivity contribution in [2.24, 2.45) is 0 Å². The second-order valence-electron chi connectivity index (χ2n) is 4.93. The summed E-state index contributed by atoms with van der Waals surface area (Å²) >= 11 is 9.34. The maximum atomic E-state index is 6.02. The Morgan fingerprint density at radius 1 is 1.12 bits per heavy atom. The van der Waals surface area contributed by atoms with Crippen LogP contribution in [0.15, 0.2) is 52.7 Å². The monoisotopic (exact) mass is 377 g/mol. The van der Waals surface area contributed by atoms with Crippen molar-refractivity contribution < 1.29 is 9.47 Å². The molecular formula is C18H16ClNO2S2. The lowest BCUT2D eigenvalue weighted by atomic mass is 10.2. The molecule has 0 unspecified atom stereocenters. The van der Waals surface area contributed by atoms with E-state index in [9.17, 15) is 0 Å². The molecule has 6 heteroatoms. The van der Waals surface area contributed by atoms with Crippen LogP contribution in [0.5, 0.6) is 11.5 Å². The van der Waals surface area contributed by atoms with E-state index in [2.05, 4.69) is 11.4 Å². The average Bonchev–Trinajstić information content (AvgIpc) is 3.08.